The van der Waals surface area contributed by atoms with Crippen molar-refractivity contribution in [3.63, 3.8) is 0 Å². The summed E-state index contributed by atoms with van der Waals surface area (Å²) >= 11 is 0. The fraction of sp³-hybridized carbons (Fsp3) is 0.556. The normalized spacial score (nSPS) is 16.9. The van der Waals surface area contributed by atoms with Gasteiger partial charge in [0.05, 0.1) is 6.20 Å². The lowest BCUT2D eigenvalue weighted by Gasteiger charge is -2.31. The van der Waals surface area contributed by atoms with Crippen LogP contribution in [0.2, 0.25) is 0 Å². The Kier molecular flexibility index (Phi) is 4.96. The smallest absolute Gasteiger partial charge is 0.213 e. The van der Waals surface area contributed by atoms with Crippen molar-refractivity contribution in [3.8, 4) is 5.88 Å². The minimum absolute atomic E-state index is 0.277. The molecule has 2 aromatic rings. The summed E-state index contributed by atoms with van der Waals surface area (Å²) in [6.07, 6.45) is 6.52. The van der Waals surface area contributed by atoms with E-state index in [9.17, 15) is 0 Å². The van der Waals surface area contributed by atoms with Gasteiger partial charge in [-0.05, 0) is 39.7 Å². The Morgan fingerprint density at radius 3 is 2.70 bits per heavy atom. The van der Waals surface area contributed by atoms with Crippen LogP contribution in [0.4, 0.5) is 0 Å². The lowest BCUT2D eigenvalue weighted by atomic mass is 10.1. The Balaban J connectivity index is 1.48. The van der Waals surface area contributed by atoms with E-state index in [1.165, 1.54) is 5.56 Å². The second-order valence-electron chi connectivity index (χ2n) is 6.63. The average Bonchev–Trinajstić information content (AvgIpc) is 2.98. The van der Waals surface area contributed by atoms with Crippen LogP contribution in [0.1, 0.15) is 44.0 Å². The molecule has 23 heavy (non-hydrogen) atoms. The molecule has 0 saturated carbocycles. The topological polar surface area (TPSA) is 43.2 Å². The Morgan fingerprint density at radius 1 is 1.26 bits per heavy atom. The predicted octanol–water partition coefficient (Wildman–Crippen LogP) is 3.21. The minimum Gasteiger partial charge on any atom is -0.474 e. The largest absolute Gasteiger partial charge is 0.474 e. The molecule has 1 aliphatic heterocycles. The van der Waals surface area contributed by atoms with Crippen molar-refractivity contribution in [3.05, 3.63) is 41.9 Å². The molecule has 0 atom stereocenters. The number of pyridine rings is 1. The van der Waals surface area contributed by atoms with Gasteiger partial charge in [0.25, 0.3) is 0 Å². The minimum atomic E-state index is 0.277. The zero-order valence-corrected chi connectivity index (χ0v) is 14.3. The first kappa shape index (κ1) is 16.0. The van der Waals surface area contributed by atoms with Crippen LogP contribution in [0.5, 0.6) is 5.88 Å². The van der Waals surface area contributed by atoms with Crippen molar-refractivity contribution >= 4 is 0 Å². The van der Waals surface area contributed by atoms with E-state index in [1.807, 2.05) is 36.0 Å². The Labute approximate surface area is 138 Å². The second-order valence-corrected chi connectivity index (χ2v) is 6.63. The highest BCUT2D eigenvalue weighted by molar-refractivity contribution is 5.15. The van der Waals surface area contributed by atoms with Crippen LogP contribution in [0.3, 0.4) is 0 Å². The maximum Gasteiger partial charge on any atom is 0.213 e. The van der Waals surface area contributed by atoms with Crippen molar-refractivity contribution in [2.24, 2.45) is 0 Å². The van der Waals surface area contributed by atoms with Gasteiger partial charge in [0, 0.05) is 49.2 Å². The molecule has 1 aliphatic rings. The van der Waals surface area contributed by atoms with E-state index in [0.717, 1.165) is 44.0 Å². The Bertz CT molecular complexity index is 629. The molecule has 5 nitrogen and oxygen atoms in total. The van der Waals surface area contributed by atoms with Gasteiger partial charge in [-0.2, -0.15) is 5.10 Å². The van der Waals surface area contributed by atoms with Crippen LogP contribution in [0, 0.1) is 6.92 Å². The highest BCUT2D eigenvalue weighted by Gasteiger charge is 2.21. The number of hydrogen-bond donors (Lipinski definition) is 0. The SMILES string of the molecule is Cc1cccc(OC2CCN(Cc3cnn(C(C)C)c3)CC2)n1. The summed E-state index contributed by atoms with van der Waals surface area (Å²) in [5.74, 6) is 0.752. The summed E-state index contributed by atoms with van der Waals surface area (Å²) in [5.41, 5.74) is 2.29. The molecular formula is C18H26N4O. The summed E-state index contributed by atoms with van der Waals surface area (Å²) in [7, 11) is 0. The molecule has 2 aromatic heterocycles. The molecule has 0 N–H and O–H groups in total. The maximum absolute atomic E-state index is 6.02. The number of piperidine rings is 1. The lowest BCUT2D eigenvalue weighted by Crippen LogP contribution is -2.37. The van der Waals surface area contributed by atoms with Crippen molar-refractivity contribution in [2.45, 2.75) is 52.3 Å². The second kappa shape index (κ2) is 7.13. The van der Waals surface area contributed by atoms with E-state index >= 15 is 0 Å². The highest BCUT2D eigenvalue weighted by atomic mass is 16.5. The lowest BCUT2D eigenvalue weighted by molar-refractivity contribution is 0.0931. The molecule has 0 aromatic carbocycles. The summed E-state index contributed by atoms with van der Waals surface area (Å²) in [6, 6.07) is 6.36. The van der Waals surface area contributed by atoms with Crippen molar-refractivity contribution in [2.75, 3.05) is 13.1 Å². The van der Waals surface area contributed by atoms with Crippen LogP contribution in [-0.2, 0) is 6.54 Å². The molecule has 1 saturated heterocycles. The molecule has 1 fully saturated rings. The van der Waals surface area contributed by atoms with Gasteiger partial charge in [0.2, 0.25) is 5.88 Å². The van der Waals surface area contributed by atoms with Crippen LogP contribution >= 0.6 is 0 Å². The third-order valence-corrected chi connectivity index (χ3v) is 4.28. The van der Waals surface area contributed by atoms with Gasteiger partial charge in [-0.15, -0.1) is 0 Å². The standard InChI is InChI=1S/C18H26N4O/c1-14(2)22-13-16(11-19-22)12-21-9-7-17(8-10-21)23-18-6-4-5-15(3)20-18/h4-6,11,13-14,17H,7-10,12H2,1-3H3. The zero-order chi connectivity index (χ0) is 16.2. The summed E-state index contributed by atoms with van der Waals surface area (Å²) in [4.78, 5) is 6.90. The summed E-state index contributed by atoms with van der Waals surface area (Å²) in [5, 5.41) is 4.42. The molecule has 0 unspecified atom stereocenters. The Morgan fingerprint density at radius 2 is 2.04 bits per heavy atom. The van der Waals surface area contributed by atoms with Crippen molar-refractivity contribution < 1.29 is 4.74 Å². The van der Waals surface area contributed by atoms with E-state index in [0.29, 0.717) is 6.04 Å². The molecule has 0 spiro atoms. The van der Waals surface area contributed by atoms with Gasteiger partial charge in [-0.1, -0.05) is 6.07 Å². The molecule has 0 amide bonds. The first-order valence-corrected chi connectivity index (χ1v) is 8.46. The van der Waals surface area contributed by atoms with E-state index in [4.69, 9.17) is 4.74 Å². The average molecular weight is 314 g/mol. The van der Waals surface area contributed by atoms with Gasteiger partial charge in [-0.3, -0.25) is 9.58 Å². The van der Waals surface area contributed by atoms with Gasteiger partial charge in [-0.25, -0.2) is 4.98 Å². The fourth-order valence-corrected chi connectivity index (χ4v) is 2.94. The van der Waals surface area contributed by atoms with Gasteiger partial charge in [0.15, 0.2) is 0 Å². The molecule has 124 valence electrons. The van der Waals surface area contributed by atoms with Crippen molar-refractivity contribution in [1.82, 2.24) is 19.7 Å². The van der Waals surface area contributed by atoms with Crippen LogP contribution < -0.4 is 4.74 Å². The Hall–Kier alpha value is -1.88. The number of rotatable bonds is 5. The van der Waals surface area contributed by atoms with E-state index < -0.39 is 0 Å². The van der Waals surface area contributed by atoms with E-state index in [-0.39, 0.29) is 6.10 Å². The van der Waals surface area contributed by atoms with Crippen molar-refractivity contribution in [1.29, 1.82) is 0 Å². The first-order chi connectivity index (χ1) is 11.1. The molecule has 5 heteroatoms. The number of aromatic nitrogens is 3. The first-order valence-electron chi connectivity index (χ1n) is 8.46. The monoisotopic (exact) mass is 314 g/mol. The number of likely N-dealkylation sites (tertiary alicyclic amines) is 1. The molecule has 3 heterocycles. The molecule has 0 bridgehead atoms. The van der Waals surface area contributed by atoms with Crippen LogP contribution in [0.25, 0.3) is 0 Å². The molecule has 0 radical (unpaired) electrons. The predicted molar refractivity (Wildman–Crippen MR) is 90.5 cm³/mol. The van der Waals surface area contributed by atoms with Crippen LogP contribution in [0.15, 0.2) is 30.6 Å². The van der Waals surface area contributed by atoms with E-state index in [1.54, 1.807) is 0 Å². The van der Waals surface area contributed by atoms with Crippen LogP contribution in [-0.4, -0.2) is 38.9 Å². The summed E-state index contributed by atoms with van der Waals surface area (Å²) in [6.45, 7) is 9.39. The molecule has 3 rings (SSSR count). The van der Waals surface area contributed by atoms with Gasteiger partial charge < -0.3 is 4.74 Å². The molecular weight excluding hydrogens is 288 g/mol. The number of aryl methyl sites for hydroxylation is 1. The number of nitrogens with zero attached hydrogens (tertiary/aromatic N) is 4. The van der Waals surface area contributed by atoms with E-state index in [2.05, 4.69) is 35.0 Å². The molecule has 0 aliphatic carbocycles. The number of ether oxygens (including phenoxy) is 1. The fourth-order valence-electron chi connectivity index (χ4n) is 2.94. The quantitative estimate of drug-likeness (QED) is 0.850. The van der Waals surface area contributed by atoms with Gasteiger partial charge >= 0.3 is 0 Å². The summed E-state index contributed by atoms with van der Waals surface area (Å²) < 4.78 is 8.04. The van der Waals surface area contributed by atoms with Gasteiger partial charge in [0.1, 0.15) is 6.10 Å². The zero-order valence-electron chi connectivity index (χ0n) is 14.3. The third kappa shape index (κ3) is 4.32. The number of hydrogen-bond acceptors (Lipinski definition) is 4. The maximum atomic E-state index is 6.02. The third-order valence-electron chi connectivity index (χ3n) is 4.28. The highest BCUT2D eigenvalue weighted by Crippen LogP contribution is 2.19.